The van der Waals surface area contributed by atoms with Gasteiger partial charge in [-0.05, 0) is 52.5 Å². The first kappa shape index (κ1) is 18.4. The van der Waals surface area contributed by atoms with Crippen molar-refractivity contribution in [1.29, 1.82) is 0 Å². The minimum Gasteiger partial charge on any atom is -0.497 e. The van der Waals surface area contributed by atoms with Crippen molar-refractivity contribution >= 4 is 11.6 Å². The molecule has 0 spiro atoms. The van der Waals surface area contributed by atoms with E-state index in [4.69, 9.17) is 4.74 Å². The van der Waals surface area contributed by atoms with E-state index in [2.05, 4.69) is 88.4 Å². The zero-order valence-electron chi connectivity index (χ0n) is 17.0. The van der Waals surface area contributed by atoms with Gasteiger partial charge in [0.1, 0.15) is 5.75 Å². The summed E-state index contributed by atoms with van der Waals surface area (Å²) in [7, 11) is 1.73. The summed E-state index contributed by atoms with van der Waals surface area (Å²) in [6.45, 7) is 0.813. The highest BCUT2D eigenvalue weighted by Gasteiger charge is 2.28. The highest BCUT2D eigenvalue weighted by molar-refractivity contribution is 5.87. The number of aromatic nitrogens is 2. The van der Waals surface area contributed by atoms with Crippen LogP contribution in [0.5, 0.6) is 5.75 Å². The number of ether oxygens (including phenoxy) is 1. The van der Waals surface area contributed by atoms with Crippen LogP contribution in [0.15, 0.2) is 91.4 Å². The number of imidazole rings is 1. The number of allylic oxidation sites excluding steroid dienone is 1. The first-order chi connectivity index (χ1) is 14.8. The Balaban J connectivity index is 1.54. The molecule has 1 heterocycles. The van der Waals surface area contributed by atoms with E-state index in [1.54, 1.807) is 7.11 Å². The van der Waals surface area contributed by atoms with E-state index in [0.717, 1.165) is 24.4 Å². The van der Waals surface area contributed by atoms with Gasteiger partial charge in [0, 0.05) is 12.5 Å². The number of fused-ring (bicyclic) bond motifs is 1. The summed E-state index contributed by atoms with van der Waals surface area (Å²) >= 11 is 0. The minimum atomic E-state index is 0.365. The molecule has 0 aliphatic heterocycles. The summed E-state index contributed by atoms with van der Waals surface area (Å²) in [6, 6.07) is 27.7. The van der Waals surface area contributed by atoms with Crippen LogP contribution >= 0.6 is 0 Å². The van der Waals surface area contributed by atoms with Gasteiger partial charge < -0.3 is 9.30 Å². The smallest absolute Gasteiger partial charge is 0.119 e. The van der Waals surface area contributed by atoms with Crippen molar-refractivity contribution in [3.8, 4) is 5.75 Å². The summed E-state index contributed by atoms with van der Waals surface area (Å²) in [4.78, 5) is 4.42. The summed E-state index contributed by atoms with van der Waals surface area (Å²) < 4.78 is 7.73. The van der Waals surface area contributed by atoms with Gasteiger partial charge >= 0.3 is 0 Å². The van der Waals surface area contributed by atoms with Crippen LogP contribution in [-0.2, 0) is 6.54 Å². The third kappa shape index (κ3) is 3.55. The lowest BCUT2D eigenvalue weighted by Gasteiger charge is -2.11. The Kier molecular flexibility index (Phi) is 4.94. The summed E-state index contributed by atoms with van der Waals surface area (Å²) in [5, 5.41) is 0. The van der Waals surface area contributed by atoms with Gasteiger partial charge in [0.05, 0.1) is 25.3 Å². The van der Waals surface area contributed by atoms with Crippen molar-refractivity contribution in [2.75, 3.05) is 7.11 Å². The molecule has 0 radical (unpaired) electrons. The van der Waals surface area contributed by atoms with Gasteiger partial charge in [0.25, 0.3) is 0 Å². The quantitative estimate of drug-likeness (QED) is 0.415. The summed E-state index contributed by atoms with van der Waals surface area (Å²) in [5.74, 6) is 1.26. The fourth-order valence-corrected chi connectivity index (χ4v) is 4.35. The lowest BCUT2D eigenvalue weighted by atomic mass is 9.93. The van der Waals surface area contributed by atoms with Crippen LogP contribution in [0, 0.1) is 0 Å². The van der Waals surface area contributed by atoms with Crippen molar-refractivity contribution in [2.24, 2.45) is 0 Å². The molecule has 0 amide bonds. The molecule has 0 saturated heterocycles. The molecule has 0 bridgehead atoms. The Bertz CT molecular complexity index is 1180. The molecule has 1 aromatic heterocycles. The number of benzene rings is 3. The van der Waals surface area contributed by atoms with E-state index in [1.165, 1.54) is 27.8 Å². The summed E-state index contributed by atoms with van der Waals surface area (Å²) in [5.41, 5.74) is 7.71. The maximum absolute atomic E-state index is 5.52. The van der Waals surface area contributed by atoms with Crippen molar-refractivity contribution in [2.45, 2.75) is 18.9 Å². The van der Waals surface area contributed by atoms with Crippen LogP contribution in [-0.4, -0.2) is 16.7 Å². The van der Waals surface area contributed by atoms with Crippen molar-refractivity contribution in [3.63, 3.8) is 0 Å². The lowest BCUT2D eigenvalue weighted by Crippen LogP contribution is -2.00. The van der Waals surface area contributed by atoms with Gasteiger partial charge in [-0.25, -0.2) is 4.98 Å². The highest BCUT2D eigenvalue weighted by Crippen LogP contribution is 2.46. The normalized spacial score (nSPS) is 16.6. The van der Waals surface area contributed by atoms with Gasteiger partial charge in [-0.2, -0.15) is 0 Å². The second-order valence-corrected chi connectivity index (χ2v) is 7.72. The molecule has 3 aromatic carbocycles. The molecule has 148 valence electrons. The van der Waals surface area contributed by atoms with E-state index in [9.17, 15) is 0 Å². The Hall–Kier alpha value is -3.59. The first-order valence-corrected chi connectivity index (χ1v) is 10.3. The molecule has 0 N–H and O–H groups in total. The molecule has 0 fully saturated rings. The van der Waals surface area contributed by atoms with Gasteiger partial charge in [0.2, 0.25) is 0 Å². The number of methoxy groups -OCH3 is 1. The van der Waals surface area contributed by atoms with Crippen molar-refractivity contribution in [3.05, 3.63) is 119 Å². The third-order valence-corrected chi connectivity index (χ3v) is 5.87. The Morgan fingerprint density at radius 1 is 1.00 bits per heavy atom. The van der Waals surface area contributed by atoms with Gasteiger partial charge in [-0.15, -0.1) is 0 Å². The van der Waals surface area contributed by atoms with Crippen LogP contribution in [0.4, 0.5) is 0 Å². The number of hydrogen-bond donors (Lipinski definition) is 0. The number of hydrogen-bond acceptors (Lipinski definition) is 2. The van der Waals surface area contributed by atoms with Crippen LogP contribution in [0.2, 0.25) is 0 Å². The molecule has 3 nitrogen and oxygen atoms in total. The highest BCUT2D eigenvalue weighted by atomic mass is 16.5. The van der Waals surface area contributed by atoms with E-state index in [-0.39, 0.29) is 0 Å². The predicted octanol–water partition coefficient (Wildman–Crippen LogP) is 6.02. The second kappa shape index (κ2) is 8.03. The fourth-order valence-electron chi connectivity index (χ4n) is 4.35. The molecule has 1 atom stereocenters. The zero-order valence-corrected chi connectivity index (χ0v) is 17.0. The number of rotatable bonds is 5. The Morgan fingerprint density at radius 3 is 2.53 bits per heavy atom. The maximum Gasteiger partial charge on any atom is 0.119 e. The summed E-state index contributed by atoms with van der Waals surface area (Å²) in [6.07, 6.45) is 7.13. The molecule has 30 heavy (non-hydrogen) atoms. The van der Waals surface area contributed by atoms with Gasteiger partial charge in [0.15, 0.2) is 0 Å². The minimum absolute atomic E-state index is 0.365. The predicted molar refractivity (Wildman–Crippen MR) is 122 cm³/mol. The zero-order chi connectivity index (χ0) is 20.3. The van der Waals surface area contributed by atoms with Crippen LogP contribution < -0.4 is 4.74 Å². The Labute approximate surface area is 177 Å². The van der Waals surface area contributed by atoms with Gasteiger partial charge in [-0.3, -0.25) is 0 Å². The fraction of sp³-hybridized carbons (Fsp3) is 0.148. The average Bonchev–Trinajstić information content (AvgIpc) is 3.39. The monoisotopic (exact) mass is 392 g/mol. The second-order valence-electron chi connectivity index (χ2n) is 7.72. The van der Waals surface area contributed by atoms with Crippen molar-refractivity contribution in [1.82, 2.24) is 9.55 Å². The lowest BCUT2D eigenvalue weighted by molar-refractivity contribution is 0.414. The average molecular weight is 393 g/mol. The van der Waals surface area contributed by atoms with E-state index in [1.807, 2.05) is 18.6 Å². The number of nitrogens with zero attached hydrogens (tertiary/aromatic N) is 2. The largest absolute Gasteiger partial charge is 0.497 e. The van der Waals surface area contributed by atoms with Crippen LogP contribution in [0.1, 0.15) is 40.3 Å². The molecule has 1 unspecified atom stereocenters. The van der Waals surface area contributed by atoms with Crippen molar-refractivity contribution < 1.29 is 4.74 Å². The van der Waals surface area contributed by atoms with E-state index < -0.39 is 0 Å². The van der Waals surface area contributed by atoms with E-state index in [0.29, 0.717) is 5.92 Å². The van der Waals surface area contributed by atoms with E-state index >= 15 is 0 Å². The maximum atomic E-state index is 5.52. The SMILES string of the molecule is COc1ccc2c(c1)C(=Cc1cncn1Cc1ccccc1)CC2c1ccccc1. The molecule has 0 saturated carbocycles. The molecule has 1 aliphatic rings. The molecule has 4 aromatic rings. The molecule has 5 rings (SSSR count). The molecule has 1 aliphatic carbocycles. The first-order valence-electron chi connectivity index (χ1n) is 10.3. The third-order valence-electron chi connectivity index (χ3n) is 5.87. The molecule has 3 heteroatoms. The topological polar surface area (TPSA) is 27.1 Å². The molecular formula is C27H24N2O. The molecular weight excluding hydrogens is 368 g/mol. The van der Waals surface area contributed by atoms with Crippen LogP contribution in [0.3, 0.4) is 0 Å². The van der Waals surface area contributed by atoms with Crippen LogP contribution in [0.25, 0.3) is 11.6 Å². The Morgan fingerprint density at radius 2 is 1.77 bits per heavy atom. The van der Waals surface area contributed by atoms with Gasteiger partial charge in [-0.1, -0.05) is 66.7 Å². The standard InChI is InChI=1S/C27H24N2O/c1-30-24-12-13-25-26(21-10-6-3-7-11-21)15-22(27(25)16-24)14-23-17-28-19-29(23)18-20-8-4-2-5-9-20/h2-14,16-17,19,26H,15,18H2,1H3.